The number of hydrogen-bond acceptors (Lipinski definition) is 5. The lowest BCUT2D eigenvalue weighted by Gasteiger charge is -2.22. The van der Waals surface area contributed by atoms with Crippen LogP contribution in [0.5, 0.6) is 0 Å². The average Bonchev–Trinajstić information content (AvgIpc) is 2.87. The van der Waals surface area contributed by atoms with Crippen LogP contribution in [0.2, 0.25) is 5.02 Å². The van der Waals surface area contributed by atoms with Gasteiger partial charge in [0.15, 0.2) is 5.17 Å². The number of thioether (sulfide) groups is 1. The van der Waals surface area contributed by atoms with Crippen molar-refractivity contribution in [1.82, 2.24) is 16.2 Å². The van der Waals surface area contributed by atoms with Crippen molar-refractivity contribution in [2.75, 3.05) is 6.54 Å². The molecule has 2 unspecified atom stereocenters. The summed E-state index contributed by atoms with van der Waals surface area (Å²) in [5.74, 6) is -0.317. The molecular formula is C12H12ClFN4OS. The van der Waals surface area contributed by atoms with Crippen molar-refractivity contribution in [2.24, 2.45) is 10.9 Å². The van der Waals surface area contributed by atoms with Gasteiger partial charge in [0.1, 0.15) is 12.0 Å². The second-order valence-electron chi connectivity index (χ2n) is 4.49. The van der Waals surface area contributed by atoms with Gasteiger partial charge in [-0.05, 0) is 12.1 Å². The van der Waals surface area contributed by atoms with Crippen LogP contribution in [0.4, 0.5) is 4.39 Å². The Morgan fingerprint density at radius 1 is 1.50 bits per heavy atom. The summed E-state index contributed by atoms with van der Waals surface area (Å²) < 4.78 is 13.6. The van der Waals surface area contributed by atoms with Crippen LogP contribution >= 0.6 is 23.4 Å². The van der Waals surface area contributed by atoms with Crippen LogP contribution in [0.3, 0.4) is 0 Å². The van der Waals surface area contributed by atoms with Gasteiger partial charge in [-0.2, -0.15) is 0 Å². The average molecular weight is 315 g/mol. The molecule has 1 saturated heterocycles. The standard InChI is InChI=1S/C12H12ClFN4OS/c13-8-2-1-3-9(14)7(8)5-20-12-16-10-6(4-15-18-10)11(19)17-12/h1-3,6,10,15,18H,4-5H2,(H,16,17,19). The number of nitrogens with zero attached hydrogens (tertiary/aromatic N) is 1. The van der Waals surface area contributed by atoms with Gasteiger partial charge < -0.3 is 5.32 Å². The van der Waals surface area contributed by atoms with Crippen LogP contribution in [0.1, 0.15) is 5.56 Å². The fourth-order valence-corrected chi connectivity index (χ4v) is 3.33. The Balaban J connectivity index is 1.71. The zero-order chi connectivity index (χ0) is 14.1. The van der Waals surface area contributed by atoms with Crippen LogP contribution in [-0.2, 0) is 10.5 Å². The molecule has 1 amide bonds. The van der Waals surface area contributed by atoms with E-state index in [0.29, 0.717) is 28.1 Å². The second-order valence-corrected chi connectivity index (χ2v) is 5.86. The molecule has 0 saturated carbocycles. The molecule has 2 heterocycles. The van der Waals surface area contributed by atoms with E-state index in [2.05, 4.69) is 21.2 Å². The molecule has 0 spiro atoms. The Labute approximate surface area is 124 Å². The Morgan fingerprint density at radius 2 is 2.35 bits per heavy atom. The third-order valence-corrected chi connectivity index (χ3v) is 4.46. The van der Waals surface area contributed by atoms with E-state index < -0.39 is 0 Å². The Bertz CT molecular complexity index is 562. The van der Waals surface area contributed by atoms with Gasteiger partial charge in [-0.25, -0.2) is 14.8 Å². The van der Waals surface area contributed by atoms with Gasteiger partial charge in [-0.3, -0.25) is 10.2 Å². The van der Waals surface area contributed by atoms with Crippen LogP contribution in [-0.4, -0.2) is 23.8 Å². The SMILES string of the molecule is O=C1NC(SCc2c(F)cccc2Cl)=NC2NNCC12. The van der Waals surface area contributed by atoms with E-state index in [1.165, 1.54) is 17.8 Å². The zero-order valence-corrected chi connectivity index (χ0v) is 11.9. The molecule has 20 heavy (non-hydrogen) atoms. The molecule has 5 nitrogen and oxygen atoms in total. The number of amidine groups is 1. The maximum absolute atomic E-state index is 13.6. The van der Waals surface area contributed by atoms with Crippen LogP contribution < -0.4 is 16.2 Å². The highest BCUT2D eigenvalue weighted by molar-refractivity contribution is 8.13. The lowest BCUT2D eigenvalue weighted by Crippen LogP contribution is -2.46. The maximum Gasteiger partial charge on any atom is 0.233 e. The Kier molecular flexibility index (Phi) is 3.93. The first-order valence-electron chi connectivity index (χ1n) is 6.08. The predicted octanol–water partition coefficient (Wildman–Crippen LogP) is 1.25. The third kappa shape index (κ3) is 2.67. The molecule has 3 N–H and O–H groups in total. The molecule has 2 aliphatic rings. The zero-order valence-electron chi connectivity index (χ0n) is 10.3. The van der Waals surface area contributed by atoms with E-state index in [1.807, 2.05) is 0 Å². The summed E-state index contributed by atoms with van der Waals surface area (Å²) >= 11 is 7.22. The number of fused-ring (bicyclic) bond motifs is 1. The quantitative estimate of drug-likeness (QED) is 0.768. The molecule has 1 aromatic rings. The highest BCUT2D eigenvalue weighted by Gasteiger charge is 2.36. The number of benzene rings is 1. The molecule has 0 aromatic heterocycles. The number of rotatable bonds is 2. The molecular weight excluding hydrogens is 303 g/mol. The van der Waals surface area contributed by atoms with Crippen molar-refractivity contribution in [3.8, 4) is 0 Å². The van der Waals surface area contributed by atoms with Gasteiger partial charge in [0, 0.05) is 22.9 Å². The summed E-state index contributed by atoms with van der Waals surface area (Å²) in [6.45, 7) is 0.553. The number of amides is 1. The first-order valence-corrected chi connectivity index (χ1v) is 7.44. The van der Waals surface area contributed by atoms with Crippen molar-refractivity contribution in [1.29, 1.82) is 0 Å². The minimum Gasteiger partial charge on any atom is -0.305 e. The largest absolute Gasteiger partial charge is 0.305 e. The van der Waals surface area contributed by atoms with Crippen molar-refractivity contribution in [3.63, 3.8) is 0 Å². The van der Waals surface area contributed by atoms with E-state index in [9.17, 15) is 9.18 Å². The molecule has 2 aliphatic heterocycles. The van der Waals surface area contributed by atoms with Gasteiger partial charge >= 0.3 is 0 Å². The van der Waals surface area contributed by atoms with E-state index in [1.54, 1.807) is 12.1 Å². The second kappa shape index (κ2) is 5.69. The molecule has 1 aromatic carbocycles. The molecule has 3 rings (SSSR count). The topological polar surface area (TPSA) is 65.5 Å². The van der Waals surface area contributed by atoms with Crippen molar-refractivity contribution in [2.45, 2.75) is 11.9 Å². The summed E-state index contributed by atoms with van der Waals surface area (Å²) in [7, 11) is 0. The highest BCUT2D eigenvalue weighted by Crippen LogP contribution is 2.26. The van der Waals surface area contributed by atoms with E-state index >= 15 is 0 Å². The van der Waals surface area contributed by atoms with E-state index in [4.69, 9.17) is 11.6 Å². The minimum atomic E-state index is -0.355. The fraction of sp³-hybridized carbons (Fsp3) is 0.333. The van der Waals surface area contributed by atoms with Gasteiger partial charge in [0.2, 0.25) is 5.91 Å². The number of hydrazine groups is 1. The van der Waals surface area contributed by atoms with Gasteiger partial charge in [0.05, 0.1) is 5.92 Å². The lowest BCUT2D eigenvalue weighted by molar-refractivity contribution is -0.123. The summed E-state index contributed by atoms with van der Waals surface area (Å²) in [4.78, 5) is 16.2. The van der Waals surface area contributed by atoms with Crippen LogP contribution in [0, 0.1) is 11.7 Å². The molecule has 0 bridgehead atoms. The minimum absolute atomic E-state index is 0.0790. The summed E-state index contributed by atoms with van der Waals surface area (Å²) in [5, 5.41) is 3.58. The Morgan fingerprint density at radius 3 is 3.15 bits per heavy atom. The Hall–Kier alpha value is -1.15. The number of nitrogens with one attached hydrogen (secondary N) is 3. The van der Waals surface area contributed by atoms with Gasteiger partial charge in [-0.15, -0.1) is 0 Å². The number of hydrogen-bond donors (Lipinski definition) is 3. The molecule has 0 radical (unpaired) electrons. The maximum atomic E-state index is 13.6. The summed E-state index contributed by atoms with van der Waals surface area (Å²) in [5.41, 5.74) is 6.24. The number of halogens is 2. The van der Waals surface area contributed by atoms with Crippen molar-refractivity contribution < 1.29 is 9.18 Å². The normalized spacial score (nSPS) is 25.1. The molecule has 0 aliphatic carbocycles. The van der Waals surface area contributed by atoms with Gasteiger partial charge in [-0.1, -0.05) is 29.4 Å². The summed E-state index contributed by atoms with van der Waals surface area (Å²) in [6.07, 6.45) is -0.262. The third-order valence-electron chi connectivity index (χ3n) is 3.19. The van der Waals surface area contributed by atoms with Crippen LogP contribution in [0.15, 0.2) is 23.2 Å². The monoisotopic (exact) mass is 314 g/mol. The first kappa shape index (κ1) is 13.8. The molecule has 1 fully saturated rings. The highest BCUT2D eigenvalue weighted by atomic mass is 35.5. The predicted molar refractivity (Wildman–Crippen MR) is 76.7 cm³/mol. The molecule has 106 valence electrons. The lowest BCUT2D eigenvalue weighted by atomic mass is 10.1. The number of aliphatic imine (C=N–C) groups is 1. The van der Waals surface area contributed by atoms with Gasteiger partial charge in [0.25, 0.3) is 0 Å². The van der Waals surface area contributed by atoms with E-state index in [0.717, 1.165) is 0 Å². The molecule has 8 heteroatoms. The van der Waals surface area contributed by atoms with Crippen molar-refractivity contribution in [3.05, 3.63) is 34.6 Å². The summed E-state index contributed by atoms with van der Waals surface area (Å²) in [6, 6.07) is 4.56. The molecule has 2 atom stereocenters. The number of carbonyl (C=O) groups excluding carboxylic acids is 1. The number of carbonyl (C=O) groups is 1. The fourth-order valence-electron chi connectivity index (χ4n) is 2.08. The first-order chi connectivity index (χ1) is 9.65. The van der Waals surface area contributed by atoms with Crippen LogP contribution in [0.25, 0.3) is 0 Å². The van der Waals surface area contributed by atoms with E-state index in [-0.39, 0.29) is 23.8 Å². The smallest absolute Gasteiger partial charge is 0.233 e. The van der Waals surface area contributed by atoms with Crippen molar-refractivity contribution >= 4 is 34.4 Å².